The lowest BCUT2D eigenvalue weighted by molar-refractivity contribution is -0.146. The zero-order chi connectivity index (χ0) is 36.6. The maximum atomic E-state index is 12.3. The quantitative estimate of drug-likeness (QED) is 0.0452. The minimum absolute atomic E-state index is 0.0391. The summed E-state index contributed by atoms with van der Waals surface area (Å²) in [7, 11) is 0. The first-order valence-electron chi connectivity index (χ1n) is 21.5. The molecule has 0 aromatic rings. The number of carboxylic acids is 1. The number of aliphatic carboxylic acids is 1. The normalized spacial score (nSPS) is 33.8. The third kappa shape index (κ3) is 14.8. The summed E-state index contributed by atoms with van der Waals surface area (Å²) in [5.41, 5.74) is 5.37. The van der Waals surface area contributed by atoms with Crippen LogP contribution in [0.25, 0.3) is 0 Å². The van der Waals surface area contributed by atoms with Crippen molar-refractivity contribution in [3.05, 3.63) is 24.3 Å². The predicted octanol–water partition coefficient (Wildman–Crippen LogP) is 7.46. The molecule has 1 heterocycles. The molecule has 0 spiro atoms. The van der Waals surface area contributed by atoms with Gasteiger partial charge in [-0.25, -0.2) is 0 Å². The predicted molar refractivity (Wildman–Crippen MR) is 208 cm³/mol. The number of nitrogens with one attached hydrogen (secondary N) is 2. The van der Waals surface area contributed by atoms with E-state index in [1.807, 2.05) is 0 Å². The fraction of sp³-hybridized carbons (Fsp3) is 0.884. The van der Waals surface area contributed by atoms with Crippen LogP contribution in [0.4, 0.5) is 0 Å². The molecule has 0 aromatic carbocycles. The van der Waals surface area contributed by atoms with E-state index >= 15 is 0 Å². The zero-order valence-corrected chi connectivity index (χ0v) is 32.4. The Morgan fingerprint density at radius 2 is 1.76 bits per heavy atom. The molecule has 8 nitrogen and oxygen atoms in total. The van der Waals surface area contributed by atoms with Gasteiger partial charge < -0.3 is 36.8 Å². The highest BCUT2D eigenvalue weighted by Crippen LogP contribution is 2.46. The summed E-state index contributed by atoms with van der Waals surface area (Å²) >= 11 is 0. The number of aliphatic hydroxyl groups is 3. The second-order valence-corrected chi connectivity index (χ2v) is 17.6. The molecule has 4 rings (SSSR count). The van der Waals surface area contributed by atoms with Crippen LogP contribution in [0.5, 0.6) is 0 Å². The fourth-order valence-electron chi connectivity index (χ4n) is 10.0. The Labute approximate surface area is 310 Å². The zero-order valence-electron chi connectivity index (χ0n) is 32.4. The van der Waals surface area contributed by atoms with Gasteiger partial charge in [0.05, 0.1) is 29.9 Å². The summed E-state index contributed by atoms with van der Waals surface area (Å²) in [4.78, 5) is 12.3. The van der Waals surface area contributed by atoms with Crippen LogP contribution < -0.4 is 16.4 Å². The number of hydrogen-bond donors (Lipinski definition) is 7. The number of aliphatic hydroxyl groups excluding tert-OH is 2. The SMILES string of the molecule is CCCCCC1C=CC(CCCCCC(C(=O)O)C(O)CCC2(O)CC(CNC(C)C=CC3CCCCC3)C(CC3CCNC(N)C3)C2)C(O)C1. The van der Waals surface area contributed by atoms with Crippen molar-refractivity contribution in [3.63, 3.8) is 0 Å². The maximum absolute atomic E-state index is 12.3. The molecule has 0 aromatic heterocycles. The first-order valence-corrected chi connectivity index (χ1v) is 21.5. The van der Waals surface area contributed by atoms with Crippen LogP contribution in [0.2, 0.25) is 0 Å². The Morgan fingerprint density at radius 1 is 1.00 bits per heavy atom. The monoisotopic (exact) mass is 716 g/mol. The minimum atomic E-state index is -0.970. The highest BCUT2D eigenvalue weighted by Gasteiger charge is 2.45. The Bertz CT molecular complexity index is 1050. The molecule has 51 heavy (non-hydrogen) atoms. The molecule has 2 saturated carbocycles. The van der Waals surface area contributed by atoms with Gasteiger partial charge in [0, 0.05) is 12.0 Å². The Morgan fingerprint density at radius 3 is 2.49 bits per heavy atom. The van der Waals surface area contributed by atoms with Gasteiger partial charge in [0.1, 0.15) is 0 Å². The molecule has 0 amide bonds. The van der Waals surface area contributed by atoms with Crippen LogP contribution in [0.3, 0.4) is 0 Å². The summed E-state index contributed by atoms with van der Waals surface area (Å²) in [6.45, 7) is 6.24. The summed E-state index contributed by atoms with van der Waals surface area (Å²) in [6.07, 6.45) is 29.6. The fourth-order valence-corrected chi connectivity index (χ4v) is 10.0. The van der Waals surface area contributed by atoms with Crippen molar-refractivity contribution in [1.82, 2.24) is 10.6 Å². The second kappa shape index (κ2) is 22.2. The van der Waals surface area contributed by atoms with Crippen LogP contribution in [-0.2, 0) is 4.79 Å². The molecule has 8 N–H and O–H groups in total. The smallest absolute Gasteiger partial charge is 0.309 e. The van der Waals surface area contributed by atoms with E-state index in [-0.39, 0.29) is 24.2 Å². The molecule has 3 fully saturated rings. The highest BCUT2D eigenvalue weighted by molar-refractivity contribution is 5.70. The molecule has 3 aliphatic carbocycles. The van der Waals surface area contributed by atoms with Crippen molar-refractivity contribution in [1.29, 1.82) is 0 Å². The summed E-state index contributed by atoms with van der Waals surface area (Å²) in [5.74, 6) is 0.888. The van der Waals surface area contributed by atoms with Gasteiger partial charge >= 0.3 is 5.97 Å². The van der Waals surface area contributed by atoms with Crippen molar-refractivity contribution < 1.29 is 25.2 Å². The lowest BCUT2D eigenvalue weighted by atomic mass is 9.81. The Kier molecular flexibility index (Phi) is 18.5. The van der Waals surface area contributed by atoms with Crippen LogP contribution in [0.1, 0.15) is 155 Å². The van der Waals surface area contributed by atoms with Gasteiger partial charge in [-0.3, -0.25) is 4.79 Å². The van der Waals surface area contributed by atoms with Crippen LogP contribution in [0, 0.1) is 41.4 Å². The van der Waals surface area contributed by atoms with Crippen molar-refractivity contribution in [2.45, 2.75) is 185 Å². The van der Waals surface area contributed by atoms with E-state index in [4.69, 9.17) is 5.73 Å². The number of rotatable bonds is 22. The third-order valence-electron chi connectivity index (χ3n) is 13.2. The molecule has 11 unspecified atom stereocenters. The van der Waals surface area contributed by atoms with Gasteiger partial charge in [-0.15, -0.1) is 0 Å². The first-order chi connectivity index (χ1) is 24.5. The molecular formula is C43H77N3O5. The molecule has 0 bridgehead atoms. The lowest BCUT2D eigenvalue weighted by Gasteiger charge is -2.31. The van der Waals surface area contributed by atoms with Crippen molar-refractivity contribution in [2.75, 3.05) is 13.1 Å². The number of hydrogen-bond acceptors (Lipinski definition) is 7. The number of unbranched alkanes of at least 4 members (excludes halogenated alkanes) is 4. The van der Waals surface area contributed by atoms with E-state index in [2.05, 4.69) is 48.8 Å². The third-order valence-corrected chi connectivity index (χ3v) is 13.2. The van der Waals surface area contributed by atoms with Gasteiger partial charge in [-0.2, -0.15) is 0 Å². The van der Waals surface area contributed by atoms with Crippen molar-refractivity contribution >= 4 is 5.97 Å². The molecule has 8 heteroatoms. The molecule has 1 aliphatic heterocycles. The number of carboxylic acid groups (broad SMARTS) is 1. The number of allylic oxidation sites excluding steroid dienone is 2. The summed E-state index contributed by atoms with van der Waals surface area (Å²) < 4.78 is 0. The molecule has 294 valence electrons. The average molecular weight is 716 g/mol. The van der Waals surface area contributed by atoms with E-state index in [1.165, 1.54) is 51.4 Å². The highest BCUT2D eigenvalue weighted by atomic mass is 16.4. The van der Waals surface area contributed by atoms with E-state index in [0.29, 0.717) is 61.7 Å². The van der Waals surface area contributed by atoms with E-state index in [9.17, 15) is 25.2 Å². The van der Waals surface area contributed by atoms with Gasteiger partial charge in [-0.1, -0.05) is 89.0 Å². The van der Waals surface area contributed by atoms with Crippen LogP contribution >= 0.6 is 0 Å². The first kappa shape index (κ1) is 42.5. The van der Waals surface area contributed by atoms with E-state index in [0.717, 1.165) is 70.9 Å². The van der Waals surface area contributed by atoms with E-state index in [1.54, 1.807) is 0 Å². The van der Waals surface area contributed by atoms with Gasteiger partial charge in [-0.05, 0) is 133 Å². The number of piperidine rings is 1. The Balaban J connectivity index is 1.22. The average Bonchev–Trinajstić information content (AvgIpc) is 3.42. The maximum Gasteiger partial charge on any atom is 0.309 e. The molecular weight excluding hydrogens is 638 g/mol. The van der Waals surface area contributed by atoms with E-state index < -0.39 is 23.6 Å². The van der Waals surface area contributed by atoms with Crippen LogP contribution in [0.15, 0.2) is 24.3 Å². The van der Waals surface area contributed by atoms with Crippen molar-refractivity contribution in [2.24, 2.45) is 47.2 Å². The molecule has 1 saturated heterocycles. The standard InChI is InChI=1S/C43H77N3O5/c1-3-4-7-14-33-19-20-35(40(48)26-33)15-10-6-11-16-38(42(49)50)39(47)21-23-43(51)28-36(25-34-22-24-45-41(44)27-34)37(29-43)30-46-31(2)17-18-32-12-8-5-9-13-32/h17-20,31-41,45-48,51H,3-16,21-30,44H2,1-2H3,(H,49,50). The van der Waals surface area contributed by atoms with Gasteiger partial charge in [0.25, 0.3) is 0 Å². The molecule has 11 atom stereocenters. The minimum Gasteiger partial charge on any atom is -0.481 e. The van der Waals surface area contributed by atoms with Crippen molar-refractivity contribution in [3.8, 4) is 0 Å². The van der Waals surface area contributed by atoms with Crippen LogP contribution in [-0.4, -0.2) is 69.5 Å². The topological polar surface area (TPSA) is 148 Å². The number of carbonyl (C=O) groups is 1. The lowest BCUT2D eigenvalue weighted by Crippen LogP contribution is -2.44. The Hall–Kier alpha value is -1.29. The summed E-state index contributed by atoms with van der Waals surface area (Å²) in [6, 6.07) is 0.281. The summed E-state index contributed by atoms with van der Waals surface area (Å²) in [5, 5.41) is 50.9. The number of nitrogens with two attached hydrogens (primary N) is 1. The molecule has 0 radical (unpaired) electrons. The van der Waals surface area contributed by atoms with Gasteiger partial charge in [0.2, 0.25) is 0 Å². The van der Waals surface area contributed by atoms with Gasteiger partial charge in [0.15, 0.2) is 0 Å². The molecule has 4 aliphatic rings. The second-order valence-electron chi connectivity index (χ2n) is 17.6. The largest absolute Gasteiger partial charge is 0.481 e.